The zero-order valence-corrected chi connectivity index (χ0v) is 34.1. The number of aliphatic hydroxyl groups is 1. The zero-order valence-electron chi connectivity index (χ0n) is 33.2. The van der Waals surface area contributed by atoms with Crippen molar-refractivity contribution in [3.8, 4) is 0 Å². The summed E-state index contributed by atoms with van der Waals surface area (Å²) in [6.45, 7) is 4.72. The summed E-state index contributed by atoms with van der Waals surface area (Å²) >= 11 is 0. The van der Waals surface area contributed by atoms with Crippen LogP contribution in [0, 0.1) is 0 Å². The van der Waals surface area contributed by atoms with Crippen LogP contribution in [0.15, 0.2) is 0 Å². The normalized spacial score (nSPS) is 14.5. The fourth-order valence-electron chi connectivity index (χ4n) is 6.22. The second-order valence-corrected chi connectivity index (χ2v) is 17.1. The number of quaternary nitrogens is 1. The molecule has 2 N–H and O–H groups in total. The van der Waals surface area contributed by atoms with Crippen LogP contribution in [0.5, 0.6) is 0 Å². The van der Waals surface area contributed by atoms with E-state index in [0.717, 1.165) is 38.5 Å². The van der Waals surface area contributed by atoms with Gasteiger partial charge in [0.05, 0.1) is 39.9 Å². The van der Waals surface area contributed by atoms with Gasteiger partial charge in [0.25, 0.3) is 7.82 Å². The van der Waals surface area contributed by atoms with Crippen LogP contribution in [0.25, 0.3) is 0 Å². The van der Waals surface area contributed by atoms with Gasteiger partial charge in [-0.2, -0.15) is 0 Å². The maximum Gasteiger partial charge on any atom is 0.268 e. The van der Waals surface area contributed by atoms with Gasteiger partial charge in [-0.1, -0.05) is 181 Å². The number of carbonyl (C=O) groups excluding carboxylic acids is 1. The molecule has 1 amide bonds. The topological polar surface area (TPSA) is 108 Å². The number of amides is 1. The Balaban J connectivity index is 4.39. The fraction of sp³-hybridized carbons (Fsp3) is 0.975. The molecule has 0 bridgehead atoms. The number of phosphoric ester groups is 1. The summed E-state index contributed by atoms with van der Waals surface area (Å²) in [5.74, 6) is -0.163. The lowest BCUT2D eigenvalue weighted by Crippen LogP contribution is -2.46. The van der Waals surface area contributed by atoms with Crippen LogP contribution in [0.3, 0.4) is 0 Å². The largest absolute Gasteiger partial charge is 0.756 e. The third-order valence-electron chi connectivity index (χ3n) is 9.60. The molecule has 0 aliphatic carbocycles. The number of nitrogens with one attached hydrogen (secondary N) is 1. The predicted octanol–water partition coefficient (Wildman–Crippen LogP) is 10.4. The summed E-state index contributed by atoms with van der Waals surface area (Å²) in [4.78, 5) is 25.2. The summed E-state index contributed by atoms with van der Waals surface area (Å²) in [5.41, 5.74) is 0. The summed E-state index contributed by atoms with van der Waals surface area (Å²) in [7, 11) is 1.31. The number of phosphoric acid groups is 1. The Morgan fingerprint density at radius 1 is 0.633 bits per heavy atom. The molecule has 0 aliphatic rings. The number of carbonyl (C=O) groups is 1. The summed E-state index contributed by atoms with van der Waals surface area (Å²) in [5, 5.41) is 13.9. The molecule has 49 heavy (non-hydrogen) atoms. The van der Waals surface area contributed by atoms with Crippen LogP contribution in [-0.4, -0.2) is 68.5 Å². The summed E-state index contributed by atoms with van der Waals surface area (Å²) in [6, 6.07) is -0.791. The summed E-state index contributed by atoms with van der Waals surface area (Å²) < 4.78 is 23.2. The molecule has 9 heteroatoms. The fourth-order valence-corrected chi connectivity index (χ4v) is 6.94. The number of hydrogen-bond donors (Lipinski definition) is 2. The number of likely N-dealkylation sites (N-methyl/N-ethyl adjacent to an activating group) is 1. The number of nitrogens with zero attached hydrogens (tertiary/aromatic N) is 1. The lowest BCUT2D eigenvalue weighted by atomic mass is 10.0. The average molecular weight is 719 g/mol. The van der Waals surface area contributed by atoms with E-state index in [9.17, 15) is 19.4 Å². The molecule has 8 nitrogen and oxygen atoms in total. The molecule has 0 spiro atoms. The van der Waals surface area contributed by atoms with Crippen molar-refractivity contribution >= 4 is 13.7 Å². The van der Waals surface area contributed by atoms with Crippen molar-refractivity contribution in [3.63, 3.8) is 0 Å². The first-order chi connectivity index (χ1) is 23.5. The SMILES string of the molecule is CCCCCCCCCCCCCCCCC(=O)N[C@@H](COP(=O)([O-])OCC[N+](C)(C)C)[C@H](O)CCCCCCCCCCCCCCC. The Labute approximate surface area is 304 Å². The van der Waals surface area contributed by atoms with Crippen LogP contribution in [0.1, 0.15) is 200 Å². The molecule has 0 aromatic carbocycles. The minimum Gasteiger partial charge on any atom is -0.756 e. The van der Waals surface area contributed by atoms with E-state index in [4.69, 9.17) is 9.05 Å². The van der Waals surface area contributed by atoms with E-state index in [2.05, 4.69) is 19.2 Å². The molecular weight excluding hydrogens is 635 g/mol. The number of rotatable bonds is 38. The van der Waals surface area contributed by atoms with Gasteiger partial charge in [-0.25, -0.2) is 0 Å². The van der Waals surface area contributed by atoms with Gasteiger partial charge < -0.3 is 28.8 Å². The Morgan fingerprint density at radius 2 is 1.00 bits per heavy atom. The zero-order chi connectivity index (χ0) is 36.5. The molecular formula is C40H83N2O6P. The van der Waals surface area contributed by atoms with E-state index in [0.29, 0.717) is 23.9 Å². The Bertz CT molecular complexity index is 778. The molecule has 0 radical (unpaired) electrons. The Morgan fingerprint density at radius 3 is 1.39 bits per heavy atom. The van der Waals surface area contributed by atoms with Crippen molar-refractivity contribution in [1.29, 1.82) is 0 Å². The maximum absolute atomic E-state index is 12.8. The molecule has 0 aliphatic heterocycles. The first kappa shape index (κ1) is 48.5. The Hall–Kier alpha value is -0.500. The monoisotopic (exact) mass is 719 g/mol. The third kappa shape index (κ3) is 35.7. The Kier molecular flexibility index (Phi) is 33.0. The van der Waals surface area contributed by atoms with Crippen molar-refractivity contribution in [1.82, 2.24) is 5.32 Å². The van der Waals surface area contributed by atoms with Crippen molar-refractivity contribution in [3.05, 3.63) is 0 Å². The number of unbranched alkanes of at least 4 members (excludes halogenated alkanes) is 25. The van der Waals surface area contributed by atoms with E-state index >= 15 is 0 Å². The molecule has 0 saturated heterocycles. The molecule has 0 saturated carbocycles. The van der Waals surface area contributed by atoms with E-state index in [1.807, 2.05) is 21.1 Å². The van der Waals surface area contributed by atoms with Gasteiger partial charge in [-0.15, -0.1) is 0 Å². The molecule has 0 aromatic heterocycles. The van der Waals surface area contributed by atoms with Gasteiger partial charge in [0.15, 0.2) is 0 Å². The van der Waals surface area contributed by atoms with E-state index in [1.54, 1.807) is 0 Å². The first-order valence-corrected chi connectivity index (χ1v) is 22.3. The second-order valence-electron chi connectivity index (χ2n) is 15.7. The highest BCUT2D eigenvalue weighted by Crippen LogP contribution is 2.38. The van der Waals surface area contributed by atoms with Crippen LogP contribution < -0.4 is 10.2 Å². The van der Waals surface area contributed by atoms with E-state index in [1.165, 1.54) is 135 Å². The van der Waals surface area contributed by atoms with Crippen LogP contribution in [0.2, 0.25) is 0 Å². The lowest BCUT2D eigenvalue weighted by molar-refractivity contribution is -0.870. The van der Waals surface area contributed by atoms with Gasteiger partial charge in [0.2, 0.25) is 5.91 Å². The average Bonchev–Trinajstić information content (AvgIpc) is 3.04. The molecule has 0 rings (SSSR count). The quantitative estimate of drug-likeness (QED) is 0.0374. The molecule has 294 valence electrons. The maximum atomic E-state index is 12.8. The van der Waals surface area contributed by atoms with Crippen molar-refractivity contribution < 1.29 is 32.9 Å². The van der Waals surface area contributed by atoms with Gasteiger partial charge in [-0.3, -0.25) is 9.36 Å². The van der Waals surface area contributed by atoms with Crippen molar-refractivity contribution in [2.24, 2.45) is 0 Å². The molecule has 0 heterocycles. The molecule has 0 fully saturated rings. The second kappa shape index (κ2) is 33.3. The van der Waals surface area contributed by atoms with Crippen molar-refractivity contribution in [2.45, 2.75) is 212 Å². The number of aliphatic hydroxyl groups excluding tert-OH is 1. The van der Waals surface area contributed by atoms with Crippen LogP contribution in [-0.2, 0) is 18.4 Å². The predicted molar refractivity (Wildman–Crippen MR) is 206 cm³/mol. The van der Waals surface area contributed by atoms with E-state index < -0.39 is 20.0 Å². The highest BCUT2D eigenvalue weighted by Gasteiger charge is 2.24. The van der Waals surface area contributed by atoms with E-state index in [-0.39, 0.29) is 19.1 Å². The minimum atomic E-state index is -4.55. The van der Waals surface area contributed by atoms with Gasteiger partial charge in [0, 0.05) is 6.42 Å². The first-order valence-electron chi connectivity index (χ1n) is 20.9. The third-order valence-corrected chi connectivity index (χ3v) is 10.6. The van der Waals surface area contributed by atoms with Gasteiger partial charge in [-0.05, 0) is 12.8 Å². The number of hydrogen-bond acceptors (Lipinski definition) is 6. The highest BCUT2D eigenvalue weighted by atomic mass is 31.2. The molecule has 3 atom stereocenters. The molecule has 1 unspecified atom stereocenters. The lowest BCUT2D eigenvalue weighted by Gasteiger charge is -2.30. The van der Waals surface area contributed by atoms with Crippen LogP contribution in [0.4, 0.5) is 0 Å². The smallest absolute Gasteiger partial charge is 0.268 e. The minimum absolute atomic E-state index is 0.0158. The van der Waals surface area contributed by atoms with Gasteiger partial charge in [0.1, 0.15) is 13.2 Å². The van der Waals surface area contributed by atoms with Gasteiger partial charge >= 0.3 is 0 Å². The highest BCUT2D eigenvalue weighted by molar-refractivity contribution is 7.45. The molecule has 0 aromatic rings. The van der Waals surface area contributed by atoms with Crippen molar-refractivity contribution in [2.75, 3.05) is 40.9 Å². The van der Waals surface area contributed by atoms with Crippen LogP contribution >= 0.6 is 7.82 Å². The standard InChI is InChI=1S/C40H83N2O6P/c1-6-8-10-12-14-16-18-20-22-24-26-28-30-32-34-40(44)41-38(37-48-49(45,46)47-36-35-42(3,4)5)39(43)33-31-29-27-25-23-21-19-17-15-13-11-9-7-2/h38-39,43H,6-37H2,1-5H3,(H-,41,44,45,46)/t38-,39+/m0/s1. The summed E-state index contributed by atoms with van der Waals surface area (Å²) in [6.07, 6.45) is 33.8.